The summed E-state index contributed by atoms with van der Waals surface area (Å²) in [5.41, 5.74) is 0.858. The van der Waals surface area contributed by atoms with Gasteiger partial charge in [-0.3, -0.25) is 9.89 Å². The molecule has 1 aromatic heterocycles. The van der Waals surface area contributed by atoms with Gasteiger partial charge in [0.05, 0.1) is 6.42 Å². The SMILES string of the molecule is Cl.Cl.O=C(Cc1ccn[nH]1)N[C@H]1CCCNC1. The van der Waals surface area contributed by atoms with E-state index in [0.717, 1.165) is 31.6 Å². The molecule has 5 nitrogen and oxygen atoms in total. The molecule has 0 unspecified atom stereocenters. The number of H-pyrrole nitrogens is 1. The summed E-state index contributed by atoms with van der Waals surface area (Å²) in [7, 11) is 0. The first-order valence-corrected chi connectivity index (χ1v) is 5.33. The number of amides is 1. The van der Waals surface area contributed by atoms with Gasteiger partial charge in [-0.05, 0) is 25.5 Å². The van der Waals surface area contributed by atoms with Crippen LogP contribution in [0, 0.1) is 0 Å². The second kappa shape index (κ2) is 8.33. The number of carbonyl (C=O) groups is 1. The second-order valence-electron chi connectivity index (χ2n) is 3.87. The van der Waals surface area contributed by atoms with Crippen LogP contribution in [0.2, 0.25) is 0 Å². The molecule has 0 aliphatic carbocycles. The fourth-order valence-electron chi connectivity index (χ4n) is 1.81. The third-order valence-corrected chi connectivity index (χ3v) is 2.57. The van der Waals surface area contributed by atoms with E-state index in [9.17, 15) is 4.79 Å². The Balaban J connectivity index is 0.00000128. The van der Waals surface area contributed by atoms with Crippen molar-refractivity contribution in [2.24, 2.45) is 0 Å². The van der Waals surface area contributed by atoms with Crippen molar-refractivity contribution in [2.75, 3.05) is 13.1 Å². The van der Waals surface area contributed by atoms with Gasteiger partial charge in [-0.2, -0.15) is 5.10 Å². The van der Waals surface area contributed by atoms with Gasteiger partial charge in [-0.15, -0.1) is 24.8 Å². The number of nitrogens with one attached hydrogen (secondary N) is 3. The Morgan fingerprint density at radius 2 is 2.35 bits per heavy atom. The quantitative estimate of drug-likeness (QED) is 0.762. The molecule has 17 heavy (non-hydrogen) atoms. The highest BCUT2D eigenvalue weighted by molar-refractivity contribution is 5.85. The van der Waals surface area contributed by atoms with E-state index in [4.69, 9.17) is 0 Å². The van der Waals surface area contributed by atoms with Crippen LogP contribution < -0.4 is 10.6 Å². The van der Waals surface area contributed by atoms with Crippen molar-refractivity contribution in [3.63, 3.8) is 0 Å². The zero-order valence-corrected chi connectivity index (χ0v) is 11.1. The van der Waals surface area contributed by atoms with Gasteiger partial charge < -0.3 is 10.6 Å². The number of hydrogen-bond acceptors (Lipinski definition) is 3. The van der Waals surface area contributed by atoms with Gasteiger partial charge in [-0.25, -0.2) is 0 Å². The lowest BCUT2D eigenvalue weighted by Gasteiger charge is -2.23. The Kier molecular flexibility index (Phi) is 7.95. The molecule has 1 aliphatic rings. The van der Waals surface area contributed by atoms with Crippen molar-refractivity contribution in [1.82, 2.24) is 20.8 Å². The maximum atomic E-state index is 11.6. The van der Waals surface area contributed by atoms with Crippen LogP contribution in [0.3, 0.4) is 0 Å². The molecule has 3 N–H and O–H groups in total. The Morgan fingerprint density at radius 3 is 2.94 bits per heavy atom. The molecule has 7 heteroatoms. The average molecular weight is 281 g/mol. The summed E-state index contributed by atoms with van der Waals surface area (Å²) in [4.78, 5) is 11.6. The average Bonchev–Trinajstić information content (AvgIpc) is 2.71. The fraction of sp³-hybridized carbons (Fsp3) is 0.600. The number of carbonyl (C=O) groups excluding carboxylic acids is 1. The van der Waals surface area contributed by atoms with Gasteiger partial charge in [0.15, 0.2) is 0 Å². The van der Waals surface area contributed by atoms with Gasteiger partial charge in [0.25, 0.3) is 0 Å². The van der Waals surface area contributed by atoms with Crippen molar-refractivity contribution in [2.45, 2.75) is 25.3 Å². The molecule has 1 amide bonds. The van der Waals surface area contributed by atoms with Crippen molar-refractivity contribution in [1.29, 1.82) is 0 Å². The maximum Gasteiger partial charge on any atom is 0.226 e. The molecule has 0 bridgehead atoms. The summed E-state index contributed by atoms with van der Waals surface area (Å²) in [6.07, 6.45) is 4.25. The minimum absolute atomic E-state index is 0. The Hall–Kier alpha value is -0.780. The summed E-state index contributed by atoms with van der Waals surface area (Å²) in [6, 6.07) is 2.10. The zero-order chi connectivity index (χ0) is 10.5. The monoisotopic (exact) mass is 280 g/mol. The van der Waals surface area contributed by atoms with E-state index in [0.29, 0.717) is 6.42 Å². The molecule has 0 spiro atoms. The Morgan fingerprint density at radius 1 is 1.53 bits per heavy atom. The van der Waals surface area contributed by atoms with Gasteiger partial charge in [0, 0.05) is 24.5 Å². The van der Waals surface area contributed by atoms with Crippen molar-refractivity contribution in [3.8, 4) is 0 Å². The minimum atomic E-state index is 0. The van der Waals surface area contributed by atoms with Gasteiger partial charge >= 0.3 is 0 Å². The first-order chi connectivity index (χ1) is 7.34. The van der Waals surface area contributed by atoms with E-state index >= 15 is 0 Å². The summed E-state index contributed by atoms with van der Waals surface area (Å²) < 4.78 is 0. The molecule has 1 atom stereocenters. The van der Waals surface area contributed by atoms with Crippen LogP contribution in [0.1, 0.15) is 18.5 Å². The van der Waals surface area contributed by atoms with Gasteiger partial charge in [0.1, 0.15) is 0 Å². The molecular formula is C10H18Cl2N4O. The predicted octanol–water partition coefficient (Wildman–Crippen LogP) is 0.664. The molecule has 2 heterocycles. The Bertz CT molecular complexity index is 312. The van der Waals surface area contributed by atoms with E-state index in [2.05, 4.69) is 20.8 Å². The molecule has 1 saturated heterocycles. The van der Waals surface area contributed by atoms with Crippen molar-refractivity contribution >= 4 is 30.7 Å². The number of piperidine rings is 1. The molecular weight excluding hydrogens is 263 g/mol. The van der Waals surface area contributed by atoms with Crippen LogP contribution >= 0.6 is 24.8 Å². The predicted molar refractivity (Wildman–Crippen MR) is 70.8 cm³/mol. The lowest BCUT2D eigenvalue weighted by Crippen LogP contribution is -2.46. The number of hydrogen-bond donors (Lipinski definition) is 3. The molecule has 0 aromatic carbocycles. The number of halogens is 2. The van der Waals surface area contributed by atoms with Gasteiger partial charge in [-0.1, -0.05) is 0 Å². The first kappa shape index (κ1) is 16.2. The fourth-order valence-corrected chi connectivity index (χ4v) is 1.81. The lowest BCUT2D eigenvalue weighted by molar-refractivity contribution is -0.121. The summed E-state index contributed by atoms with van der Waals surface area (Å²) in [5, 5.41) is 12.9. The van der Waals surface area contributed by atoms with E-state index in [-0.39, 0.29) is 36.8 Å². The van der Waals surface area contributed by atoms with Crippen LogP contribution in [0.4, 0.5) is 0 Å². The van der Waals surface area contributed by atoms with E-state index in [1.807, 2.05) is 6.07 Å². The number of aromatic amines is 1. The third-order valence-electron chi connectivity index (χ3n) is 2.57. The second-order valence-corrected chi connectivity index (χ2v) is 3.87. The van der Waals surface area contributed by atoms with E-state index < -0.39 is 0 Å². The molecule has 0 radical (unpaired) electrons. The van der Waals surface area contributed by atoms with Crippen LogP contribution in [-0.4, -0.2) is 35.2 Å². The normalized spacial score (nSPS) is 18.7. The molecule has 2 rings (SSSR count). The van der Waals surface area contributed by atoms with E-state index in [1.165, 1.54) is 0 Å². The number of nitrogens with zero attached hydrogens (tertiary/aromatic N) is 1. The van der Waals surface area contributed by atoms with Crippen molar-refractivity contribution < 1.29 is 4.79 Å². The number of rotatable bonds is 3. The Labute approximate surface area is 113 Å². The molecule has 1 aliphatic heterocycles. The first-order valence-electron chi connectivity index (χ1n) is 5.33. The zero-order valence-electron chi connectivity index (χ0n) is 9.44. The molecule has 1 aromatic rings. The summed E-state index contributed by atoms with van der Waals surface area (Å²) in [5.74, 6) is 0.0629. The van der Waals surface area contributed by atoms with Crippen LogP contribution in [0.15, 0.2) is 12.3 Å². The largest absolute Gasteiger partial charge is 0.352 e. The highest BCUT2D eigenvalue weighted by Crippen LogP contribution is 2.02. The highest BCUT2D eigenvalue weighted by Gasteiger charge is 2.15. The highest BCUT2D eigenvalue weighted by atomic mass is 35.5. The minimum Gasteiger partial charge on any atom is -0.352 e. The van der Waals surface area contributed by atoms with E-state index in [1.54, 1.807) is 6.20 Å². The van der Waals surface area contributed by atoms with Crippen molar-refractivity contribution in [3.05, 3.63) is 18.0 Å². The molecule has 0 saturated carbocycles. The maximum absolute atomic E-state index is 11.6. The molecule has 98 valence electrons. The lowest BCUT2D eigenvalue weighted by atomic mass is 10.1. The third kappa shape index (κ3) is 5.39. The topological polar surface area (TPSA) is 69.8 Å². The van der Waals surface area contributed by atoms with Gasteiger partial charge in [0.2, 0.25) is 5.91 Å². The standard InChI is InChI=1S/C10H16N4O.2ClH/c15-10(6-8-3-5-12-14-8)13-9-2-1-4-11-7-9;;/h3,5,9,11H,1-2,4,6-7H2,(H,12,14)(H,13,15);2*1H/t9-;;/m0../s1. The summed E-state index contributed by atoms with van der Waals surface area (Å²) >= 11 is 0. The smallest absolute Gasteiger partial charge is 0.226 e. The molecule has 1 fully saturated rings. The van der Waals surface area contributed by atoms with Crippen LogP contribution in [0.5, 0.6) is 0 Å². The van der Waals surface area contributed by atoms with Crippen LogP contribution in [0.25, 0.3) is 0 Å². The van der Waals surface area contributed by atoms with Crippen LogP contribution in [-0.2, 0) is 11.2 Å². The summed E-state index contributed by atoms with van der Waals surface area (Å²) in [6.45, 7) is 1.95. The number of aromatic nitrogens is 2.